The topological polar surface area (TPSA) is 41.0 Å². The first kappa shape index (κ1) is 18.4. The molecule has 0 bridgehead atoms. The third-order valence-electron chi connectivity index (χ3n) is 4.73. The van der Waals surface area contributed by atoms with Crippen molar-refractivity contribution in [2.45, 2.75) is 40.0 Å². The van der Waals surface area contributed by atoms with Gasteiger partial charge in [0.15, 0.2) is 0 Å². The Bertz CT molecular complexity index is 623. The van der Waals surface area contributed by atoms with E-state index in [2.05, 4.69) is 59.8 Å². The van der Waals surface area contributed by atoms with Gasteiger partial charge in [0.05, 0.1) is 0 Å². The first-order valence-electron chi connectivity index (χ1n) is 8.84. The maximum atomic E-state index is 4.49. The van der Waals surface area contributed by atoms with E-state index in [0.29, 0.717) is 11.9 Å². The lowest BCUT2D eigenvalue weighted by Gasteiger charge is -2.29. The highest BCUT2D eigenvalue weighted by atomic mass is 15.1. The average molecular weight is 326 g/mol. The van der Waals surface area contributed by atoms with E-state index in [4.69, 9.17) is 0 Å². The van der Waals surface area contributed by atoms with Crippen molar-refractivity contribution in [2.24, 2.45) is 5.92 Å². The van der Waals surface area contributed by atoms with Gasteiger partial charge in [0.2, 0.25) is 5.95 Å². The second kappa shape index (κ2) is 8.78. The number of hydrogen-bond acceptors (Lipinski definition) is 4. The van der Waals surface area contributed by atoms with Crippen molar-refractivity contribution in [3.05, 3.63) is 53.5 Å². The molecule has 4 heteroatoms. The molecule has 0 spiro atoms. The molecule has 0 radical (unpaired) electrons. The van der Waals surface area contributed by atoms with Crippen LogP contribution in [0.25, 0.3) is 0 Å². The van der Waals surface area contributed by atoms with Crippen LogP contribution in [0.2, 0.25) is 0 Å². The highest BCUT2D eigenvalue weighted by Gasteiger charge is 2.18. The normalized spacial score (nSPS) is 17.4. The van der Waals surface area contributed by atoms with E-state index in [9.17, 15) is 0 Å². The first-order valence-corrected chi connectivity index (χ1v) is 8.84. The van der Waals surface area contributed by atoms with Crippen molar-refractivity contribution < 1.29 is 0 Å². The zero-order valence-corrected chi connectivity index (χ0v) is 15.5. The molecule has 24 heavy (non-hydrogen) atoms. The molecule has 1 aliphatic heterocycles. The van der Waals surface area contributed by atoms with Crippen LogP contribution < -0.4 is 5.32 Å². The average Bonchev–Trinajstić information content (AvgIpc) is 2.57. The van der Waals surface area contributed by atoms with Crippen molar-refractivity contribution >= 4 is 5.95 Å². The van der Waals surface area contributed by atoms with E-state index in [-0.39, 0.29) is 0 Å². The van der Waals surface area contributed by atoms with Crippen LogP contribution in [0.15, 0.2) is 42.3 Å². The van der Waals surface area contributed by atoms with Gasteiger partial charge < -0.3 is 10.2 Å². The minimum atomic E-state index is 0.612. The van der Waals surface area contributed by atoms with E-state index in [1.807, 2.05) is 19.2 Å². The summed E-state index contributed by atoms with van der Waals surface area (Å²) >= 11 is 0. The first-order chi connectivity index (χ1) is 11.5. The molecule has 1 aromatic rings. The van der Waals surface area contributed by atoms with Gasteiger partial charge in [-0.15, -0.1) is 0 Å². The summed E-state index contributed by atoms with van der Waals surface area (Å²) in [4.78, 5) is 11.2. The van der Waals surface area contributed by atoms with Crippen LogP contribution in [0.5, 0.6) is 0 Å². The number of nitrogens with one attached hydrogen (secondary N) is 1. The molecular weight excluding hydrogens is 296 g/mol. The highest BCUT2D eigenvalue weighted by molar-refractivity contribution is 5.41. The molecule has 1 fully saturated rings. The van der Waals surface area contributed by atoms with Crippen LogP contribution in [0.3, 0.4) is 0 Å². The number of rotatable bonds is 6. The largest absolute Gasteiger partial charge is 0.325 e. The van der Waals surface area contributed by atoms with Gasteiger partial charge in [0.25, 0.3) is 0 Å². The van der Waals surface area contributed by atoms with Crippen molar-refractivity contribution in [2.75, 3.05) is 25.5 Å². The maximum Gasteiger partial charge on any atom is 0.227 e. The standard InChI is InChI=1S/C20H30N4/c1-6-17(19-10-12-24(5)13-11-19)9-8-15(3)22-20-21-14-18(7-2)16(4)23-20/h6,8-9,14,19H,3,7,10-13H2,1-2,4-5H3,(H,21,22,23)/b9-8-,17-6+. The van der Waals surface area contributed by atoms with E-state index in [1.54, 1.807) is 0 Å². The number of likely N-dealkylation sites (tertiary alicyclic amines) is 1. The van der Waals surface area contributed by atoms with Gasteiger partial charge in [-0.3, -0.25) is 0 Å². The third kappa shape index (κ3) is 5.03. The van der Waals surface area contributed by atoms with Crippen LogP contribution in [0.1, 0.15) is 37.9 Å². The monoisotopic (exact) mass is 326 g/mol. The summed E-state index contributed by atoms with van der Waals surface area (Å²) in [6.07, 6.45) is 11.7. The molecule has 2 heterocycles. The number of allylic oxidation sites excluding steroid dienone is 4. The van der Waals surface area contributed by atoms with Crippen LogP contribution in [-0.2, 0) is 6.42 Å². The zero-order chi connectivity index (χ0) is 17.5. The molecule has 1 aromatic heterocycles. The van der Waals surface area contributed by atoms with Crippen molar-refractivity contribution in [1.29, 1.82) is 0 Å². The lowest BCUT2D eigenvalue weighted by atomic mass is 9.89. The molecule has 1 N–H and O–H groups in total. The Kier molecular flexibility index (Phi) is 6.73. The molecule has 0 atom stereocenters. The summed E-state index contributed by atoms with van der Waals surface area (Å²) in [5.74, 6) is 1.26. The van der Waals surface area contributed by atoms with Gasteiger partial charge in [-0.05, 0) is 76.4 Å². The van der Waals surface area contributed by atoms with Crippen LogP contribution in [0.4, 0.5) is 5.95 Å². The molecule has 4 nitrogen and oxygen atoms in total. The fourth-order valence-corrected chi connectivity index (χ4v) is 3.09. The fourth-order valence-electron chi connectivity index (χ4n) is 3.09. The SMILES string of the molecule is C=C(/C=C\C(=C/C)C1CCN(C)CC1)Nc1ncc(CC)c(C)n1. The van der Waals surface area contributed by atoms with Crippen molar-refractivity contribution in [3.63, 3.8) is 0 Å². The van der Waals surface area contributed by atoms with E-state index in [0.717, 1.165) is 17.8 Å². The Morgan fingerprint density at radius 1 is 1.38 bits per heavy atom. The van der Waals surface area contributed by atoms with E-state index >= 15 is 0 Å². The van der Waals surface area contributed by atoms with Crippen LogP contribution in [0, 0.1) is 12.8 Å². The Morgan fingerprint density at radius 2 is 2.08 bits per heavy atom. The summed E-state index contributed by atoms with van der Waals surface area (Å²) < 4.78 is 0. The molecule has 130 valence electrons. The smallest absolute Gasteiger partial charge is 0.227 e. The minimum absolute atomic E-state index is 0.612. The summed E-state index contributed by atoms with van der Waals surface area (Å²) in [6.45, 7) is 12.7. The van der Waals surface area contributed by atoms with Crippen molar-refractivity contribution in [3.8, 4) is 0 Å². The van der Waals surface area contributed by atoms with Gasteiger partial charge in [0, 0.05) is 17.6 Å². The van der Waals surface area contributed by atoms with Gasteiger partial charge in [-0.1, -0.05) is 25.7 Å². The van der Waals surface area contributed by atoms with Crippen LogP contribution in [-0.4, -0.2) is 35.0 Å². The lowest BCUT2D eigenvalue weighted by molar-refractivity contribution is 0.240. The second-order valence-corrected chi connectivity index (χ2v) is 6.51. The zero-order valence-electron chi connectivity index (χ0n) is 15.5. The molecule has 0 saturated carbocycles. The highest BCUT2D eigenvalue weighted by Crippen LogP contribution is 2.25. The summed E-state index contributed by atoms with van der Waals surface area (Å²) in [7, 11) is 2.19. The quantitative estimate of drug-likeness (QED) is 0.799. The predicted molar refractivity (Wildman–Crippen MR) is 102 cm³/mol. The Labute approximate surface area is 146 Å². The molecule has 0 amide bonds. The summed E-state index contributed by atoms with van der Waals surface area (Å²) in [6, 6.07) is 0. The number of aryl methyl sites for hydroxylation is 2. The van der Waals surface area contributed by atoms with Gasteiger partial charge in [-0.2, -0.15) is 0 Å². The molecule has 1 saturated heterocycles. The van der Waals surface area contributed by atoms with Gasteiger partial charge in [0.1, 0.15) is 0 Å². The molecule has 0 aliphatic carbocycles. The number of aromatic nitrogens is 2. The second-order valence-electron chi connectivity index (χ2n) is 6.51. The molecule has 1 aliphatic rings. The van der Waals surface area contributed by atoms with E-state index < -0.39 is 0 Å². The Hall–Kier alpha value is -1.94. The molecule has 0 unspecified atom stereocenters. The fraction of sp³-hybridized carbons (Fsp3) is 0.500. The number of hydrogen-bond donors (Lipinski definition) is 1. The predicted octanol–water partition coefficient (Wildman–Crippen LogP) is 4.12. The van der Waals surface area contributed by atoms with Gasteiger partial charge >= 0.3 is 0 Å². The van der Waals surface area contributed by atoms with Crippen molar-refractivity contribution in [1.82, 2.24) is 14.9 Å². The summed E-state index contributed by atoms with van der Waals surface area (Å²) in [5.41, 5.74) is 4.41. The van der Waals surface area contributed by atoms with Crippen LogP contribution >= 0.6 is 0 Å². The number of nitrogens with zero attached hydrogens (tertiary/aromatic N) is 3. The molecule has 2 rings (SSSR count). The third-order valence-corrected chi connectivity index (χ3v) is 4.73. The lowest BCUT2D eigenvalue weighted by Crippen LogP contribution is -2.30. The minimum Gasteiger partial charge on any atom is -0.325 e. The Balaban J connectivity index is 1.95. The Morgan fingerprint density at radius 3 is 2.67 bits per heavy atom. The molecular formula is C20H30N4. The molecule has 0 aromatic carbocycles. The number of piperidine rings is 1. The number of anilines is 1. The van der Waals surface area contributed by atoms with E-state index in [1.165, 1.54) is 37.1 Å². The summed E-state index contributed by atoms with van der Waals surface area (Å²) in [5, 5.41) is 3.18. The maximum absolute atomic E-state index is 4.49. The van der Waals surface area contributed by atoms with Gasteiger partial charge in [-0.25, -0.2) is 9.97 Å².